The summed E-state index contributed by atoms with van der Waals surface area (Å²) in [6.45, 7) is 2.47. The van der Waals surface area contributed by atoms with Crippen LogP contribution in [0.3, 0.4) is 0 Å². The lowest BCUT2D eigenvalue weighted by atomic mass is 10.2. The third-order valence-electron chi connectivity index (χ3n) is 4.88. The summed E-state index contributed by atoms with van der Waals surface area (Å²) in [6.07, 6.45) is 1.71. The predicted molar refractivity (Wildman–Crippen MR) is 124 cm³/mol. The van der Waals surface area contributed by atoms with Crippen LogP contribution in [0.15, 0.2) is 82.9 Å². The van der Waals surface area contributed by atoms with Gasteiger partial charge in [0.05, 0.1) is 16.7 Å². The number of carbonyl (C=O) groups is 1. The normalized spacial score (nSPS) is 10.9. The molecule has 6 nitrogen and oxygen atoms in total. The van der Waals surface area contributed by atoms with Gasteiger partial charge in [-0.25, -0.2) is 14.5 Å². The van der Waals surface area contributed by atoms with Crippen LogP contribution in [0.2, 0.25) is 0 Å². The zero-order valence-electron chi connectivity index (χ0n) is 17.4. The fourth-order valence-electron chi connectivity index (χ4n) is 3.19. The number of aromatic nitrogens is 3. The number of hydrogen-bond acceptors (Lipinski definition) is 5. The largest absolute Gasteiger partial charge is 0.341 e. The van der Waals surface area contributed by atoms with Gasteiger partial charge in [0, 0.05) is 19.8 Å². The standard InChI is InChI=1S/C24H22N4O2S/c1-17-12-13-21(25-14-17)28-23(30)19-10-6-7-11-20(19)26-24(28)31-16-22(29)27(2)15-18-8-4-3-5-9-18/h3-14H,15-16H2,1-2H3. The summed E-state index contributed by atoms with van der Waals surface area (Å²) < 4.78 is 1.48. The van der Waals surface area contributed by atoms with Gasteiger partial charge in [0.1, 0.15) is 5.82 Å². The van der Waals surface area contributed by atoms with Gasteiger partial charge in [-0.2, -0.15) is 0 Å². The molecule has 0 aliphatic rings. The number of benzene rings is 2. The zero-order valence-corrected chi connectivity index (χ0v) is 18.2. The first kappa shape index (κ1) is 20.8. The van der Waals surface area contributed by atoms with Crippen molar-refractivity contribution >= 4 is 28.6 Å². The fraction of sp³-hybridized carbons (Fsp3) is 0.167. The van der Waals surface area contributed by atoms with Crippen molar-refractivity contribution in [3.63, 3.8) is 0 Å². The van der Waals surface area contributed by atoms with E-state index in [4.69, 9.17) is 0 Å². The van der Waals surface area contributed by atoms with Crippen LogP contribution in [0.25, 0.3) is 16.7 Å². The lowest BCUT2D eigenvalue weighted by Gasteiger charge is -2.18. The fourth-order valence-corrected chi connectivity index (χ4v) is 4.13. The number of nitrogens with zero attached hydrogens (tertiary/aromatic N) is 4. The number of rotatable bonds is 6. The molecule has 0 saturated carbocycles. The molecule has 2 aromatic carbocycles. The van der Waals surface area contributed by atoms with E-state index in [-0.39, 0.29) is 17.2 Å². The molecule has 0 fully saturated rings. The molecule has 7 heteroatoms. The van der Waals surface area contributed by atoms with Gasteiger partial charge < -0.3 is 4.90 Å². The van der Waals surface area contributed by atoms with Crippen LogP contribution in [0.1, 0.15) is 11.1 Å². The minimum absolute atomic E-state index is 0.0420. The van der Waals surface area contributed by atoms with Gasteiger partial charge in [-0.15, -0.1) is 0 Å². The van der Waals surface area contributed by atoms with Gasteiger partial charge >= 0.3 is 0 Å². The quantitative estimate of drug-likeness (QED) is 0.343. The maximum Gasteiger partial charge on any atom is 0.267 e. The van der Waals surface area contributed by atoms with Crippen molar-refractivity contribution in [2.24, 2.45) is 0 Å². The predicted octanol–water partition coefficient (Wildman–Crippen LogP) is 3.84. The molecule has 156 valence electrons. The molecule has 0 N–H and O–H groups in total. The number of para-hydroxylation sites is 1. The summed E-state index contributed by atoms with van der Waals surface area (Å²) in [5.74, 6) is 0.612. The van der Waals surface area contributed by atoms with Crippen molar-refractivity contribution < 1.29 is 4.79 Å². The second kappa shape index (κ2) is 9.14. The lowest BCUT2D eigenvalue weighted by Crippen LogP contribution is -2.28. The second-order valence-corrected chi connectivity index (χ2v) is 8.21. The van der Waals surface area contributed by atoms with Gasteiger partial charge in [0.15, 0.2) is 5.16 Å². The molecule has 2 aromatic heterocycles. The van der Waals surface area contributed by atoms with E-state index in [0.717, 1.165) is 11.1 Å². The molecule has 0 aliphatic heterocycles. The average molecular weight is 431 g/mol. The number of aryl methyl sites for hydroxylation is 1. The van der Waals surface area contributed by atoms with Gasteiger partial charge in [-0.05, 0) is 36.2 Å². The van der Waals surface area contributed by atoms with Crippen LogP contribution in [0, 0.1) is 6.92 Å². The van der Waals surface area contributed by atoms with Gasteiger partial charge in [-0.1, -0.05) is 60.3 Å². The number of hydrogen-bond donors (Lipinski definition) is 0. The van der Waals surface area contributed by atoms with E-state index in [0.29, 0.717) is 28.4 Å². The minimum atomic E-state index is -0.199. The molecule has 1 amide bonds. The van der Waals surface area contributed by atoms with Gasteiger partial charge in [0.25, 0.3) is 5.56 Å². The summed E-state index contributed by atoms with van der Waals surface area (Å²) in [6, 6.07) is 20.7. The van der Waals surface area contributed by atoms with Crippen molar-refractivity contribution in [3.8, 4) is 5.82 Å². The highest BCUT2D eigenvalue weighted by Crippen LogP contribution is 2.21. The van der Waals surface area contributed by atoms with E-state index in [1.165, 1.54) is 16.3 Å². The Morgan fingerprint density at radius 2 is 1.77 bits per heavy atom. The summed E-state index contributed by atoms with van der Waals surface area (Å²) >= 11 is 1.24. The zero-order chi connectivity index (χ0) is 21.8. The minimum Gasteiger partial charge on any atom is -0.341 e. The Labute approximate surface area is 184 Å². The highest BCUT2D eigenvalue weighted by Gasteiger charge is 2.17. The number of carbonyl (C=O) groups excluding carboxylic acids is 1. The highest BCUT2D eigenvalue weighted by molar-refractivity contribution is 7.99. The van der Waals surface area contributed by atoms with Crippen molar-refractivity contribution in [1.29, 1.82) is 0 Å². The molecule has 4 rings (SSSR count). The first-order valence-electron chi connectivity index (χ1n) is 9.88. The molecule has 4 aromatic rings. The summed E-state index contributed by atoms with van der Waals surface area (Å²) in [5.41, 5.74) is 2.46. The Balaban J connectivity index is 1.63. The maximum atomic E-state index is 13.2. The van der Waals surface area contributed by atoms with Crippen molar-refractivity contribution in [2.45, 2.75) is 18.6 Å². The van der Waals surface area contributed by atoms with Crippen LogP contribution in [-0.4, -0.2) is 38.1 Å². The van der Waals surface area contributed by atoms with Crippen molar-refractivity contribution in [1.82, 2.24) is 19.4 Å². The number of pyridine rings is 1. The molecule has 0 saturated heterocycles. The maximum absolute atomic E-state index is 13.2. The molecule has 0 atom stereocenters. The molecule has 0 radical (unpaired) electrons. The summed E-state index contributed by atoms with van der Waals surface area (Å²) in [5, 5.41) is 0.961. The third-order valence-corrected chi connectivity index (χ3v) is 5.81. The highest BCUT2D eigenvalue weighted by atomic mass is 32.2. The SMILES string of the molecule is Cc1ccc(-n2c(SCC(=O)N(C)Cc3ccccc3)nc3ccccc3c2=O)nc1. The molecule has 31 heavy (non-hydrogen) atoms. The van der Waals surface area contributed by atoms with Gasteiger partial charge in [0.2, 0.25) is 5.91 Å². The van der Waals surface area contributed by atoms with E-state index in [1.807, 2.05) is 55.5 Å². The lowest BCUT2D eigenvalue weighted by molar-refractivity contribution is -0.127. The Hall–Kier alpha value is -3.45. The van der Waals surface area contributed by atoms with Crippen molar-refractivity contribution in [3.05, 3.63) is 94.4 Å². The monoisotopic (exact) mass is 430 g/mol. The van der Waals surface area contributed by atoms with E-state index in [1.54, 1.807) is 36.3 Å². The molecule has 2 heterocycles. The van der Waals surface area contributed by atoms with E-state index < -0.39 is 0 Å². The second-order valence-electron chi connectivity index (χ2n) is 7.27. The molecule has 0 aliphatic carbocycles. The topological polar surface area (TPSA) is 68.1 Å². The first-order chi connectivity index (χ1) is 15.0. The van der Waals surface area contributed by atoms with Crippen LogP contribution in [-0.2, 0) is 11.3 Å². The van der Waals surface area contributed by atoms with Crippen LogP contribution < -0.4 is 5.56 Å². The Kier molecular flexibility index (Phi) is 6.13. The Morgan fingerprint density at radius 3 is 2.52 bits per heavy atom. The molecule has 0 spiro atoms. The Morgan fingerprint density at radius 1 is 1.03 bits per heavy atom. The van der Waals surface area contributed by atoms with Crippen molar-refractivity contribution in [2.75, 3.05) is 12.8 Å². The third kappa shape index (κ3) is 4.67. The van der Waals surface area contributed by atoms with Gasteiger partial charge in [-0.3, -0.25) is 9.59 Å². The van der Waals surface area contributed by atoms with Crippen LogP contribution in [0.5, 0.6) is 0 Å². The number of fused-ring (bicyclic) bond motifs is 1. The number of amides is 1. The smallest absolute Gasteiger partial charge is 0.267 e. The molecule has 0 unspecified atom stereocenters. The summed E-state index contributed by atoms with van der Waals surface area (Å²) in [7, 11) is 1.78. The molecular weight excluding hydrogens is 408 g/mol. The van der Waals surface area contributed by atoms with Crippen LogP contribution >= 0.6 is 11.8 Å². The number of thioether (sulfide) groups is 1. The Bertz CT molecular complexity index is 1270. The average Bonchev–Trinajstić information content (AvgIpc) is 2.79. The summed E-state index contributed by atoms with van der Waals surface area (Å²) in [4.78, 5) is 36.7. The molecular formula is C24H22N4O2S. The molecule has 0 bridgehead atoms. The van der Waals surface area contributed by atoms with Crippen LogP contribution in [0.4, 0.5) is 0 Å². The van der Waals surface area contributed by atoms with E-state index in [9.17, 15) is 9.59 Å². The van der Waals surface area contributed by atoms with E-state index >= 15 is 0 Å². The van der Waals surface area contributed by atoms with E-state index in [2.05, 4.69) is 9.97 Å². The first-order valence-corrected chi connectivity index (χ1v) is 10.9.